The second-order valence-electron chi connectivity index (χ2n) is 5.17. The Kier molecular flexibility index (Phi) is 5.71. The Morgan fingerprint density at radius 2 is 1.65 bits per heavy atom. The summed E-state index contributed by atoms with van der Waals surface area (Å²) in [4.78, 5) is 0. The van der Waals surface area contributed by atoms with Crippen LogP contribution in [-0.4, -0.2) is 35.8 Å². The summed E-state index contributed by atoms with van der Waals surface area (Å²) in [6.07, 6.45) is -15.3. The number of rotatable bonds is 4. The van der Waals surface area contributed by atoms with Crippen molar-refractivity contribution in [3.63, 3.8) is 0 Å². The van der Waals surface area contributed by atoms with Gasteiger partial charge in [0.15, 0.2) is 0 Å². The van der Waals surface area contributed by atoms with Crippen LogP contribution in [-0.2, 0) is 4.74 Å². The summed E-state index contributed by atoms with van der Waals surface area (Å²) in [5.41, 5.74) is 0. The predicted molar refractivity (Wildman–Crippen MR) is 59.0 cm³/mol. The largest absolute Gasteiger partial charge is 0.423 e. The number of halogens is 6. The van der Waals surface area contributed by atoms with Crippen LogP contribution in [0.15, 0.2) is 0 Å². The van der Waals surface area contributed by atoms with Gasteiger partial charge in [0.1, 0.15) is 0 Å². The molecule has 2 nitrogen and oxygen atoms in total. The normalized spacial score (nSPS) is 28.9. The zero-order valence-electron chi connectivity index (χ0n) is 11.0. The first kappa shape index (κ1) is 17.6. The molecule has 0 spiro atoms. The SMILES string of the molecule is CCCC1CCC(O)C(OC(C(F)(F)F)C(F)(F)F)C1. The molecule has 1 aliphatic carbocycles. The Morgan fingerprint density at radius 1 is 1.10 bits per heavy atom. The lowest BCUT2D eigenvalue weighted by Crippen LogP contribution is -2.49. The minimum atomic E-state index is -5.53. The van der Waals surface area contributed by atoms with Gasteiger partial charge in [-0.05, 0) is 25.2 Å². The number of hydrogen-bond acceptors (Lipinski definition) is 2. The molecular weight excluding hydrogens is 290 g/mol. The first-order valence-electron chi connectivity index (χ1n) is 6.52. The van der Waals surface area contributed by atoms with Gasteiger partial charge >= 0.3 is 12.4 Å². The van der Waals surface area contributed by atoms with Gasteiger partial charge in [0, 0.05) is 0 Å². The zero-order chi connectivity index (χ0) is 15.6. The van der Waals surface area contributed by atoms with Crippen LogP contribution in [0.25, 0.3) is 0 Å². The van der Waals surface area contributed by atoms with E-state index in [-0.39, 0.29) is 18.8 Å². The summed E-state index contributed by atoms with van der Waals surface area (Å²) >= 11 is 0. The fraction of sp³-hybridized carbons (Fsp3) is 1.00. The van der Waals surface area contributed by atoms with Gasteiger partial charge in [0.25, 0.3) is 0 Å². The third-order valence-electron chi connectivity index (χ3n) is 3.47. The Bertz CT molecular complexity index is 287. The Morgan fingerprint density at radius 3 is 2.10 bits per heavy atom. The van der Waals surface area contributed by atoms with E-state index in [9.17, 15) is 31.4 Å². The van der Waals surface area contributed by atoms with Gasteiger partial charge in [-0.25, -0.2) is 0 Å². The third-order valence-corrected chi connectivity index (χ3v) is 3.47. The van der Waals surface area contributed by atoms with Gasteiger partial charge < -0.3 is 9.84 Å². The van der Waals surface area contributed by atoms with E-state index in [1.165, 1.54) is 0 Å². The number of hydrogen-bond donors (Lipinski definition) is 1. The van der Waals surface area contributed by atoms with Gasteiger partial charge in [-0.3, -0.25) is 0 Å². The van der Waals surface area contributed by atoms with Crippen molar-refractivity contribution in [3.8, 4) is 0 Å². The van der Waals surface area contributed by atoms with Crippen LogP contribution >= 0.6 is 0 Å². The van der Waals surface area contributed by atoms with Crippen LogP contribution in [0.5, 0.6) is 0 Å². The molecule has 1 aliphatic rings. The molecule has 1 saturated carbocycles. The molecule has 0 aromatic carbocycles. The zero-order valence-corrected chi connectivity index (χ0v) is 11.0. The maximum atomic E-state index is 12.4. The van der Waals surface area contributed by atoms with Gasteiger partial charge in [0.05, 0.1) is 12.2 Å². The van der Waals surface area contributed by atoms with E-state index in [4.69, 9.17) is 0 Å². The van der Waals surface area contributed by atoms with E-state index in [1.807, 2.05) is 6.92 Å². The quantitative estimate of drug-likeness (QED) is 0.800. The minimum absolute atomic E-state index is 0.00415. The molecule has 0 heterocycles. The molecule has 0 bridgehead atoms. The standard InChI is InChI=1S/C12H18F6O2/c1-2-3-7-4-5-8(19)9(6-7)20-10(11(13,14)15)12(16,17)18/h7-10,19H,2-6H2,1H3. The second-order valence-corrected chi connectivity index (χ2v) is 5.17. The van der Waals surface area contributed by atoms with Gasteiger partial charge in [-0.2, -0.15) is 26.3 Å². The number of aliphatic hydroxyl groups excluding tert-OH is 1. The molecule has 3 unspecified atom stereocenters. The molecule has 0 amide bonds. The van der Waals surface area contributed by atoms with Crippen molar-refractivity contribution in [2.75, 3.05) is 0 Å². The van der Waals surface area contributed by atoms with Crippen LogP contribution in [0, 0.1) is 5.92 Å². The van der Waals surface area contributed by atoms with Crippen molar-refractivity contribution in [2.24, 2.45) is 5.92 Å². The number of ether oxygens (including phenoxy) is 1. The summed E-state index contributed by atoms with van der Waals surface area (Å²) < 4.78 is 78.7. The Labute approximate surface area is 113 Å². The van der Waals surface area contributed by atoms with E-state index >= 15 is 0 Å². The smallest absolute Gasteiger partial charge is 0.390 e. The lowest BCUT2D eigenvalue weighted by Gasteiger charge is -2.36. The predicted octanol–water partition coefficient (Wildman–Crippen LogP) is 3.83. The maximum Gasteiger partial charge on any atom is 0.423 e. The topological polar surface area (TPSA) is 29.5 Å². The lowest BCUT2D eigenvalue weighted by molar-refractivity contribution is -0.338. The molecule has 8 heteroatoms. The highest BCUT2D eigenvalue weighted by Gasteiger charge is 2.59. The van der Waals surface area contributed by atoms with Crippen LogP contribution in [0.1, 0.15) is 39.0 Å². The molecule has 1 N–H and O–H groups in total. The average Bonchev–Trinajstić information content (AvgIpc) is 2.26. The summed E-state index contributed by atoms with van der Waals surface area (Å²) in [6, 6.07) is 0. The van der Waals surface area contributed by atoms with E-state index in [0.717, 1.165) is 6.42 Å². The number of alkyl halides is 6. The highest BCUT2D eigenvalue weighted by atomic mass is 19.4. The van der Waals surface area contributed by atoms with Crippen molar-refractivity contribution < 1.29 is 36.2 Å². The summed E-state index contributed by atoms with van der Waals surface area (Å²) in [6.45, 7) is 1.88. The fourth-order valence-electron chi connectivity index (χ4n) is 2.53. The van der Waals surface area contributed by atoms with Crippen LogP contribution in [0.4, 0.5) is 26.3 Å². The van der Waals surface area contributed by atoms with Crippen LogP contribution < -0.4 is 0 Å². The van der Waals surface area contributed by atoms with Gasteiger partial charge in [0.2, 0.25) is 6.10 Å². The van der Waals surface area contributed by atoms with E-state index in [2.05, 4.69) is 4.74 Å². The summed E-state index contributed by atoms with van der Waals surface area (Å²) in [5.74, 6) is -0.00415. The Hall–Kier alpha value is -0.500. The van der Waals surface area contributed by atoms with Crippen molar-refractivity contribution in [1.29, 1.82) is 0 Å². The fourth-order valence-corrected chi connectivity index (χ4v) is 2.53. The molecule has 0 saturated heterocycles. The summed E-state index contributed by atoms with van der Waals surface area (Å²) in [7, 11) is 0. The van der Waals surface area contributed by atoms with Crippen LogP contribution in [0.3, 0.4) is 0 Å². The third kappa shape index (κ3) is 4.80. The molecule has 0 radical (unpaired) electrons. The summed E-state index contributed by atoms with van der Waals surface area (Å²) in [5, 5.41) is 9.58. The molecule has 1 fully saturated rings. The van der Waals surface area contributed by atoms with Crippen molar-refractivity contribution in [2.45, 2.75) is 69.7 Å². The first-order valence-corrected chi connectivity index (χ1v) is 6.52. The van der Waals surface area contributed by atoms with Crippen molar-refractivity contribution >= 4 is 0 Å². The lowest BCUT2D eigenvalue weighted by atomic mass is 9.83. The highest BCUT2D eigenvalue weighted by molar-refractivity contribution is 4.85. The van der Waals surface area contributed by atoms with E-state index in [1.54, 1.807) is 0 Å². The second kappa shape index (κ2) is 6.51. The van der Waals surface area contributed by atoms with Crippen molar-refractivity contribution in [3.05, 3.63) is 0 Å². The van der Waals surface area contributed by atoms with E-state index in [0.29, 0.717) is 12.8 Å². The monoisotopic (exact) mass is 308 g/mol. The van der Waals surface area contributed by atoms with Gasteiger partial charge in [-0.1, -0.05) is 19.8 Å². The van der Waals surface area contributed by atoms with E-state index < -0.39 is 30.7 Å². The highest BCUT2D eigenvalue weighted by Crippen LogP contribution is 2.39. The van der Waals surface area contributed by atoms with Gasteiger partial charge in [-0.15, -0.1) is 0 Å². The Balaban J connectivity index is 2.76. The molecule has 0 aromatic heterocycles. The molecule has 1 rings (SSSR count). The maximum absolute atomic E-state index is 12.4. The molecule has 3 atom stereocenters. The average molecular weight is 308 g/mol. The van der Waals surface area contributed by atoms with Crippen molar-refractivity contribution in [1.82, 2.24) is 0 Å². The molecule has 0 aliphatic heterocycles. The minimum Gasteiger partial charge on any atom is -0.390 e. The molecule has 0 aromatic rings. The molecular formula is C12H18F6O2. The molecule has 120 valence electrons. The first-order chi connectivity index (χ1) is 9.05. The number of aliphatic hydroxyl groups is 1. The molecule has 20 heavy (non-hydrogen) atoms. The van der Waals surface area contributed by atoms with Crippen LogP contribution in [0.2, 0.25) is 0 Å².